The van der Waals surface area contributed by atoms with E-state index in [1.807, 2.05) is 30.5 Å². The first-order chi connectivity index (χ1) is 12.2. The van der Waals surface area contributed by atoms with Crippen LogP contribution in [0.25, 0.3) is 0 Å². The highest BCUT2D eigenvalue weighted by Crippen LogP contribution is 2.19. The Bertz CT molecular complexity index is 795. The van der Waals surface area contributed by atoms with Crippen molar-refractivity contribution >= 4 is 17.1 Å². The Labute approximate surface area is 153 Å². The van der Waals surface area contributed by atoms with Gasteiger partial charge in [-0.1, -0.05) is 60.7 Å². The van der Waals surface area contributed by atoms with Gasteiger partial charge in [0.05, 0.1) is 4.88 Å². The number of thiophene rings is 1. The first kappa shape index (κ1) is 17.6. The molecule has 0 saturated carbocycles. The van der Waals surface area contributed by atoms with Gasteiger partial charge in [0.15, 0.2) is 5.78 Å². The van der Waals surface area contributed by atoms with E-state index < -0.39 is 0 Å². The highest BCUT2D eigenvalue weighted by Gasteiger charge is 2.13. The van der Waals surface area contributed by atoms with Crippen molar-refractivity contribution in [1.29, 1.82) is 0 Å². The summed E-state index contributed by atoms with van der Waals surface area (Å²) in [6, 6.07) is 23.1. The number of nitrogens with one attached hydrogen (secondary N) is 1. The summed E-state index contributed by atoms with van der Waals surface area (Å²) in [5.41, 5.74) is 3.71. The van der Waals surface area contributed by atoms with Crippen molar-refractivity contribution in [3.05, 3.63) is 93.7 Å². The molecule has 0 fully saturated rings. The average molecular weight is 349 g/mol. The normalized spacial score (nSPS) is 12.0. The van der Waals surface area contributed by atoms with Gasteiger partial charge in [-0.3, -0.25) is 4.79 Å². The molecular formula is C22H23NOS. The number of rotatable bonds is 8. The molecule has 0 aliphatic rings. The average Bonchev–Trinajstić information content (AvgIpc) is 3.09. The molecule has 0 aliphatic carbocycles. The zero-order valence-electron chi connectivity index (χ0n) is 14.4. The Morgan fingerprint density at radius 3 is 2.36 bits per heavy atom. The van der Waals surface area contributed by atoms with Gasteiger partial charge in [-0.05, 0) is 41.5 Å². The van der Waals surface area contributed by atoms with Crippen LogP contribution in [0.4, 0.5) is 0 Å². The summed E-state index contributed by atoms with van der Waals surface area (Å²) >= 11 is 1.54. The smallest absolute Gasteiger partial charge is 0.174 e. The van der Waals surface area contributed by atoms with Crippen LogP contribution in [0, 0.1) is 6.92 Å². The van der Waals surface area contributed by atoms with Gasteiger partial charge in [-0.25, -0.2) is 0 Å². The maximum atomic E-state index is 12.3. The third-order valence-corrected chi connectivity index (χ3v) is 5.32. The van der Waals surface area contributed by atoms with Gasteiger partial charge in [-0.2, -0.15) is 0 Å². The molecule has 0 radical (unpaired) electrons. The summed E-state index contributed by atoms with van der Waals surface area (Å²) in [5.74, 6) is 0.220. The van der Waals surface area contributed by atoms with E-state index in [1.165, 1.54) is 22.5 Å². The van der Waals surface area contributed by atoms with E-state index in [4.69, 9.17) is 0 Å². The summed E-state index contributed by atoms with van der Waals surface area (Å²) in [5, 5.41) is 5.61. The molecule has 0 bridgehead atoms. The lowest BCUT2D eigenvalue weighted by Crippen LogP contribution is -2.25. The predicted octanol–water partition coefficient (Wildman–Crippen LogP) is 5.20. The summed E-state index contributed by atoms with van der Waals surface area (Å²) in [6.07, 6.45) is 1.44. The third-order valence-electron chi connectivity index (χ3n) is 4.23. The Morgan fingerprint density at radius 2 is 1.72 bits per heavy atom. The van der Waals surface area contributed by atoms with E-state index in [2.05, 4.69) is 53.8 Å². The highest BCUT2D eigenvalue weighted by molar-refractivity contribution is 7.12. The Kier molecular flexibility index (Phi) is 6.15. The lowest BCUT2D eigenvalue weighted by atomic mass is 9.98. The summed E-state index contributed by atoms with van der Waals surface area (Å²) in [4.78, 5) is 13.2. The molecule has 25 heavy (non-hydrogen) atoms. The monoisotopic (exact) mass is 349 g/mol. The first-order valence-electron chi connectivity index (χ1n) is 8.63. The van der Waals surface area contributed by atoms with Crippen molar-refractivity contribution in [2.45, 2.75) is 25.8 Å². The Morgan fingerprint density at radius 1 is 1.04 bits per heavy atom. The van der Waals surface area contributed by atoms with E-state index in [0.717, 1.165) is 16.9 Å². The summed E-state index contributed by atoms with van der Waals surface area (Å²) in [7, 11) is 0. The second kappa shape index (κ2) is 8.75. The van der Waals surface area contributed by atoms with Crippen LogP contribution in [-0.2, 0) is 6.42 Å². The Balaban J connectivity index is 1.62. The first-order valence-corrected chi connectivity index (χ1v) is 9.51. The van der Waals surface area contributed by atoms with E-state index >= 15 is 0 Å². The number of carbonyl (C=O) groups is 1. The summed E-state index contributed by atoms with van der Waals surface area (Å²) in [6.45, 7) is 2.71. The van der Waals surface area contributed by atoms with Crippen LogP contribution >= 0.6 is 11.3 Å². The molecule has 3 rings (SSSR count). The second-order valence-electron chi connectivity index (χ2n) is 6.27. The van der Waals surface area contributed by atoms with Crippen molar-refractivity contribution in [1.82, 2.24) is 5.32 Å². The topological polar surface area (TPSA) is 29.1 Å². The minimum Gasteiger partial charge on any atom is -0.309 e. The molecule has 2 aromatic carbocycles. The second-order valence-corrected chi connectivity index (χ2v) is 7.18. The lowest BCUT2D eigenvalue weighted by molar-refractivity contribution is 0.0985. The molecule has 0 aliphatic heterocycles. The van der Waals surface area contributed by atoms with Crippen LogP contribution in [0.5, 0.6) is 0 Å². The number of aryl methyl sites for hydroxylation is 1. The predicted molar refractivity (Wildman–Crippen MR) is 105 cm³/mol. The molecule has 2 nitrogen and oxygen atoms in total. The minimum atomic E-state index is 0.210. The van der Waals surface area contributed by atoms with E-state index in [9.17, 15) is 4.79 Å². The molecule has 0 saturated heterocycles. The molecule has 3 heteroatoms. The van der Waals surface area contributed by atoms with Gasteiger partial charge < -0.3 is 5.32 Å². The van der Waals surface area contributed by atoms with Gasteiger partial charge in [-0.15, -0.1) is 11.3 Å². The van der Waals surface area contributed by atoms with Gasteiger partial charge in [0.25, 0.3) is 0 Å². The molecule has 3 aromatic rings. The lowest BCUT2D eigenvalue weighted by Gasteiger charge is -2.19. The highest BCUT2D eigenvalue weighted by atomic mass is 32.1. The minimum absolute atomic E-state index is 0.210. The molecule has 1 unspecified atom stereocenters. The standard InChI is InChI=1S/C22H23NOS/c1-17-14-22(25-16-17)21(24)12-13-23-20(19-10-6-3-7-11-19)15-18-8-4-2-5-9-18/h2-11,14,16,20,23H,12-13,15H2,1H3. The third kappa shape index (κ3) is 5.12. The number of hydrogen-bond acceptors (Lipinski definition) is 3. The molecule has 1 aromatic heterocycles. The van der Waals surface area contributed by atoms with Gasteiger partial charge in [0.1, 0.15) is 0 Å². The number of carbonyl (C=O) groups excluding carboxylic acids is 1. The van der Waals surface area contributed by atoms with Gasteiger partial charge in [0, 0.05) is 19.0 Å². The molecule has 1 atom stereocenters. The van der Waals surface area contributed by atoms with Crippen LogP contribution in [0.3, 0.4) is 0 Å². The fourth-order valence-corrected chi connectivity index (χ4v) is 3.77. The van der Waals surface area contributed by atoms with Crippen molar-refractivity contribution in [3.8, 4) is 0 Å². The van der Waals surface area contributed by atoms with Crippen LogP contribution in [0.1, 0.15) is 38.8 Å². The van der Waals surface area contributed by atoms with Gasteiger partial charge in [0.2, 0.25) is 0 Å². The van der Waals surface area contributed by atoms with E-state index in [-0.39, 0.29) is 11.8 Å². The molecule has 0 spiro atoms. The van der Waals surface area contributed by atoms with Crippen molar-refractivity contribution in [3.63, 3.8) is 0 Å². The fraction of sp³-hybridized carbons (Fsp3) is 0.227. The van der Waals surface area contributed by atoms with Crippen LogP contribution in [-0.4, -0.2) is 12.3 Å². The zero-order valence-corrected chi connectivity index (χ0v) is 15.3. The zero-order chi connectivity index (χ0) is 17.5. The number of ketones is 1. The van der Waals surface area contributed by atoms with Crippen LogP contribution < -0.4 is 5.32 Å². The number of benzene rings is 2. The number of hydrogen-bond donors (Lipinski definition) is 1. The van der Waals surface area contributed by atoms with Crippen molar-refractivity contribution in [2.24, 2.45) is 0 Å². The molecule has 128 valence electrons. The summed E-state index contributed by atoms with van der Waals surface area (Å²) < 4.78 is 0. The molecular weight excluding hydrogens is 326 g/mol. The number of Topliss-reactive ketones (excluding diaryl/α,β-unsaturated/α-hetero) is 1. The fourth-order valence-electron chi connectivity index (χ4n) is 2.90. The van der Waals surface area contributed by atoms with Gasteiger partial charge >= 0.3 is 0 Å². The SMILES string of the molecule is Cc1csc(C(=O)CCNC(Cc2ccccc2)c2ccccc2)c1. The van der Waals surface area contributed by atoms with Crippen LogP contribution in [0.15, 0.2) is 72.1 Å². The van der Waals surface area contributed by atoms with Crippen LogP contribution in [0.2, 0.25) is 0 Å². The van der Waals surface area contributed by atoms with Crippen molar-refractivity contribution in [2.75, 3.05) is 6.54 Å². The maximum Gasteiger partial charge on any atom is 0.174 e. The quantitative estimate of drug-likeness (QED) is 0.566. The molecule has 0 amide bonds. The maximum absolute atomic E-state index is 12.3. The Hall–Kier alpha value is -2.23. The van der Waals surface area contributed by atoms with Crippen molar-refractivity contribution < 1.29 is 4.79 Å². The van der Waals surface area contributed by atoms with E-state index in [0.29, 0.717) is 13.0 Å². The van der Waals surface area contributed by atoms with E-state index in [1.54, 1.807) is 0 Å². The molecule has 1 N–H and O–H groups in total. The largest absolute Gasteiger partial charge is 0.309 e. The molecule has 1 heterocycles.